The number of H-pyrrole nitrogens is 1. The van der Waals surface area contributed by atoms with Crippen molar-refractivity contribution in [2.75, 3.05) is 14.2 Å². The van der Waals surface area contributed by atoms with Crippen LogP contribution >= 0.6 is 0 Å². The van der Waals surface area contributed by atoms with E-state index in [0.29, 0.717) is 0 Å². The monoisotopic (exact) mass is 447 g/mol. The number of rotatable bonds is 4. The molecule has 2 aliphatic rings. The minimum Gasteiger partial charge on any atom is -0.496 e. The van der Waals surface area contributed by atoms with Gasteiger partial charge in [-0.15, -0.1) is 0 Å². The number of methoxy groups -OCH3 is 2. The zero-order valence-corrected chi connectivity index (χ0v) is 20.1. The van der Waals surface area contributed by atoms with Gasteiger partial charge in [0.2, 0.25) is 0 Å². The highest BCUT2D eigenvalue weighted by atomic mass is 16.5. The molecule has 0 saturated heterocycles. The smallest absolute Gasteiger partial charge is 0.165 e. The summed E-state index contributed by atoms with van der Waals surface area (Å²) in [5, 5.41) is 11.8. The molecule has 2 N–H and O–H groups in total. The molecule has 2 aromatic carbocycles. The summed E-state index contributed by atoms with van der Waals surface area (Å²) >= 11 is 0. The second-order valence-electron chi connectivity index (χ2n) is 10.3. The molecule has 0 spiro atoms. The highest BCUT2D eigenvalue weighted by molar-refractivity contribution is 5.89. The first kappa shape index (κ1) is 21.9. The third kappa shape index (κ3) is 3.59. The Bertz CT molecular complexity index is 1220. The van der Waals surface area contributed by atoms with E-state index in [1.54, 1.807) is 14.2 Å². The number of aromatic amines is 1. The van der Waals surface area contributed by atoms with Gasteiger partial charge in [0.05, 0.1) is 20.3 Å². The molecule has 2 heterocycles. The van der Waals surface area contributed by atoms with E-state index in [9.17, 15) is 5.11 Å². The van der Waals surface area contributed by atoms with Crippen LogP contribution in [0.25, 0.3) is 23.1 Å². The third-order valence-corrected chi connectivity index (χ3v) is 7.88. The number of aromatic nitrogens is 1. The maximum Gasteiger partial charge on any atom is 0.165 e. The Kier molecular flexibility index (Phi) is 5.20. The van der Waals surface area contributed by atoms with Crippen molar-refractivity contribution in [3.8, 4) is 17.2 Å². The zero-order valence-electron chi connectivity index (χ0n) is 20.1. The van der Waals surface area contributed by atoms with Gasteiger partial charge in [0.1, 0.15) is 11.4 Å². The number of ether oxygens (including phenoxy) is 3. The fourth-order valence-electron chi connectivity index (χ4n) is 5.85. The van der Waals surface area contributed by atoms with E-state index in [4.69, 9.17) is 14.2 Å². The minimum atomic E-state index is -0.316. The van der Waals surface area contributed by atoms with E-state index < -0.39 is 0 Å². The molecule has 1 aromatic heterocycles. The predicted molar refractivity (Wildman–Crippen MR) is 132 cm³/mol. The lowest BCUT2D eigenvalue weighted by atomic mass is 9.57. The summed E-state index contributed by atoms with van der Waals surface area (Å²) in [6, 6.07) is 10.4. The van der Waals surface area contributed by atoms with Crippen molar-refractivity contribution in [1.82, 2.24) is 4.98 Å². The quantitative estimate of drug-likeness (QED) is 0.493. The number of fused-ring (bicyclic) bond motifs is 3. The first-order valence-electron chi connectivity index (χ1n) is 11.7. The van der Waals surface area contributed by atoms with Crippen LogP contribution in [0.3, 0.4) is 0 Å². The molecule has 1 aliphatic heterocycles. The SMILES string of the molecule is COc1cc(C=Cc2cc(OC)c3cc[nH]c3c2)cc2c1O[C@]1(C)CC[C@@H](O)C(C)(C)[C@H]1C2. The summed E-state index contributed by atoms with van der Waals surface area (Å²) in [7, 11) is 3.39. The molecule has 0 amide bonds. The van der Waals surface area contributed by atoms with E-state index in [1.807, 2.05) is 24.4 Å². The summed E-state index contributed by atoms with van der Waals surface area (Å²) in [5.74, 6) is 2.68. The largest absolute Gasteiger partial charge is 0.496 e. The van der Waals surface area contributed by atoms with Crippen molar-refractivity contribution in [3.63, 3.8) is 0 Å². The van der Waals surface area contributed by atoms with Crippen LogP contribution in [-0.4, -0.2) is 36.0 Å². The van der Waals surface area contributed by atoms with Gasteiger partial charge in [0.25, 0.3) is 0 Å². The van der Waals surface area contributed by atoms with Gasteiger partial charge in [0, 0.05) is 23.0 Å². The highest BCUT2D eigenvalue weighted by Crippen LogP contribution is 2.54. The molecule has 0 bridgehead atoms. The number of aliphatic hydroxyl groups excluding tert-OH is 1. The summed E-state index contributed by atoms with van der Waals surface area (Å²) in [6.45, 7) is 6.52. The van der Waals surface area contributed by atoms with E-state index in [2.05, 4.69) is 50.0 Å². The van der Waals surface area contributed by atoms with Gasteiger partial charge in [-0.3, -0.25) is 0 Å². The Morgan fingerprint density at radius 3 is 2.45 bits per heavy atom. The van der Waals surface area contributed by atoms with Crippen LogP contribution in [0.5, 0.6) is 17.2 Å². The summed E-state index contributed by atoms with van der Waals surface area (Å²) < 4.78 is 18.0. The second-order valence-corrected chi connectivity index (χ2v) is 10.3. The molecular formula is C28H33NO4. The van der Waals surface area contributed by atoms with Crippen LogP contribution in [0.1, 0.15) is 50.3 Å². The Balaban J connectivity index is 1.51. The average Bonchev–Trinajstić information content (AvgIpc) is 3.27. The Hall–Kier alpha value is -2.92. The predicted octanol–water partition coefficient (Wildman–Crippen LogP) is 5.85. The van der Waals surface area contributed by atoms with Crippen molar-refractivity contribution < 1.29 is 19.3 Å². The molecule has 5 heteroatoms. The molecular weight excluding hydrogens is 414 g/mol. The number of aliphatic hydroxyl groups is 1. The van der Waals surface area contributed by atoms with E-state index in [0.717, 1.165) is 64.1 Å². The van der Waals surface area contributed by atoms with Crippen LogP contribution in [0.2, 0.25) is 0 Å². The summed E-state index contributed by atoms with van der Waals surface area (Å²) in [6.07, 6.45) is 8.25. The minimum absolute atomic E-state index is 0.216. The average molecular weight is 448 g/mol. The Morgan fingerprint density at radius 1 is 1.03 bits per heavy atom. The van der Waals surface area contributed by atoms with Gasteiger partial charge < -0.3 is 24.3 Å². The molecule has 5 rings (SSSR count). The lowest BCUT2D eigenvalue weighted by Crippen LogP contribution is -2.58. The van der Waals surface area contributed by atoms with Crippen LogP contribution in [-0.2, 0) is 6.42 Å². The van der Waals surface area contributed by atoms with Gasteiger partial charge >= 0.3 is 0 Å². The van der Waals surface area contributed by atoms with Gasteiger partial charge in [-0.2, -0.15) is 0 Å². The van der Waals surface area contributed by atoms with Gasteiger partial charge in [-0.1, -0.05) is 26.0 Å². The number of hydrogen-bond acceptors (Lipinski definition) is 4. The number of hydrogen-bond donors (Lipinski definition) is 2. The fraction of sp³-hybridized carbons (Fsp3) is 0.429. The van der Waals surface area contributed by atoms with E-state index >= 15 is 0 Å². The zero-order chi connectivity index (χ0) is 23.4. The molecule has 0 radical (unpaired) electrons. The molecule has 0 unspecified atom stereocenters. The molecule has 33 heavy (non-hydrogen) atoms. The van der Waals surface area contributed by atoms with E-state index in [1.165, 1.54) is 0 Å². The van der Waals surface area contributed by atoms with Gasteiger partial charge in [0.15, 0.2) is 11.5 Å². The van der Waals surface area contributed by atoms with Crippen molar-refractivity contribution in [3.05, 3.63) is 53.2 Å². The standard InChI is InChI=1S/C28H33NO4/c1-27(2)24-16-19-12-17(6-7-18-13-21-20(9-11-29-21)22(14-18)31-4)15-23(32-5)26(19)33-28(24,3)10-8-25(27)30/h6-7,9,11-15,24-25,29-30H,8,10,16H2,1-5H3/t24-,25-,28-/m1/s1. The topological polar surface area (TPSA) is 63.7 Å². The molecule has 1 aliphatic carbocycles. The van der Waals surface area contributed by atoms with Crippen LogP contribution in [0.4, 0.5) is 0 Å². The van der Waals surface area contributed by atoms with Crippen molar-refractivity contribution >= 4 is 23.1 Å². The van der Waals surface area contributed by atoms with Gasteiger partial charge in [-0.05, 0) is 78.6 Å². The number of benzene rings is 2. The first-order valence-corrected chi connectivity index (χ1v) is 11.7. The molecule has 174 valence electrons. The lowest BCUT2D eigenvalue weighted by molar-refractivity contribution is -0.138. The van der Waals surface area contributed by atoms with Crippen LogP contribution in [0.15, 0.2) is 36.5 Å². The van der Waals surface area contributed by atoms with E-state index in [-0.39, 0.29) is 23.0 Å². The molecule has 1 fully saturated rings. The normalized spacial score (nSPS) is 26.0. The van der Waals surface area contributed by atoms with Gasteiger partial charge in [-0.25, -0.2) is 0 Å². The lowest BCUT2D eigenvalue weighted by Gasteiger charge is -2.55. The Morgan fingerprint density at radius 2 is 1.73 bits per heavy atom. The summed E-state index contributed by atoms with van der Waals surface area (Å²) in [5.41, 5.74) is 3.77. The van der Waals surface area contributed by atoms with Crippen molar-refractivity contribution in [2.45, 2.75) is 51.7 Å². The summed E-state index contributed by atoms with van der Waals surface area (Å²) in [4.78, 5) is 3.26. The fourth-order valence-corrected chi connectivity index (χ4v) is 5.85. The molecule has 5 nitrogen and oxygen atoms in total. The van der Waals surface area contributed by atoms with Crippen LogP contribution < -0.4 is 14.2 Å². The second kappa shape index (κ2) is 7.84. The molecule has 3 atom stereocenters. The molecule has 3 aromatic rings. The molecule has 1 saturated carbocycles. The van der Waals surface area contributed by atoms with Crippen molar-refractivity contribution in [2.24, 2.45) is 11.3 Å². The first-order chi connectivity index (χ1) is 15.7. The Labute approximate surface area is 195 Å². The van der Waals surface area contributed by atoms with Crippen molar-refractivity contribution in [1.29, 1.82) is 0 Å². The maximum absolute atomic E-state index is 10.7. The van der Waals surface area contributed by atoms with Crippen LogP contribution in [0, 0.1) is 11.3 Å². The maximum atomic E-state index is 10.7. The number of nitrogens with one attached hydrogen (secondary N) is 1. The third-order valence-electron chi connectivity index (χ3n) is 7.88. The highest BCUT2D eigenvalue weighted by Gasteiger charge is 2.54.